The lowest BCUT2D eigenvalue weighted by Crippen LogP contribution is -2.41. The van der Waals surface area contributed by atoms with E-state index in [1.807, 2.05) is 54.6 Å². The van der Waals surface area contributed by atoms with E-state index in [-0.39, 0.29) is 5.84 Å². The van der Waals surface area contributed by atoms with Crippen LogP contribution in [0.25, 0.3) is 0 Å². The lowest BCUT2D eigenvalue weighted by Gasteiger charge is -2.20. The average Bonchev–Trinajstić information content (AvgIpc) is 2.95. The summed E-state index contributed by atoms with van der Waals surface area (Å²) in [7, 11) is 0. The number of benzene rings is 2. The highest BCUT2D eigenvalue weighted by Crippen LogP contribution is 2.30. The molecular formula is C17H13N5O. The summed E-state index contributed by atoms with van der Waals surface area (Å²) in [6.07, 6.45) is 1.63. The van der Waals surface area contributed by atoms with Gasteiger partial charge in [0.1, 0.15) is 0 Å². The molecule has 6 heteroatoms. The van der Waals surface area contributed by atoms with Crippen molar-refractivity contribution in [1.29, 1.82) is 0 Å². The van der Waals surface area contributed by atoms with Gasteiger partial charge in [-0.3, -0.25) is 15.2 Å². The fourth-order valence-corrected chi connectivity index (χ4v) is 2.62. The van der Waals surface area contributed by atoms with Crippen molar-refractivity contribution in [3.63, 3.8) is 0 Å². The molecule has 0 saturated carbocycles. The second-order valence-corrected chi connectivity index (χ2v) is 5.12. The molecule has 2 aliphatic rings. The van der Waals surface area contributed by atoms with Gasteiger partial charge in [0.2, 0.25) is 5.84 Å². The summed E-state index contributed by atoms with van der Waals surface area (Å²) < 4.78 is 0. The predicted octanol–water partition coefficient (Wildman–Crippen LogP) is 1.54. The molecular weight excluding hydrogens is 290 g/mol. The summed E-state index contributed by atoms with van der Waals surface area (Å²) in [5.41, 5.74) is 11.9. The van der Waals surface area contributed by atoms with E-state index in [0.29, 0.717) is 5.82 Å². The molecule has 0 fully saturated rings. The molecule has 1 amide bonds. The first-order valence-electron chi connectivity index (χ1n) is 7.12. The topological polar surface area (TPSA) is 83.1 Å². The number of carbonyl (C=O) groups is 1. The van der Waals surface area contributed by atoms with Gasteiger partial charge in [-0.25, -0.2) is 10.0 Å². The van der Waals surface area contributed by atoms with Crippen LogP contribution in [0.2, 0.25) is 0 Å². The largest absolute Gasteiger partial charge is 0.363 e. The van der Waals surface area contributed by atoms with Gasteiger partial charge in [0.25, 0.3) is 5.91 Å². The molecule has 0 atom stereocenters. The molecule has 0 unspecified atom stereocenters. The predicted molar refractivity (Wildman–Crippen MR) is 88.9 cm³/mol. The van der Waals surface area contributed by atoms with E-state index in [4.69, 9.17) is 5.73 Å². The van der Waals surface area contributed by atoms with Gasteiger partial charge in [-0.1, -0.05) is 48.5 Å². The van der Waals surface area contributed by atoms with Crippen molar-refractivity contribution in [1.82, 2.24) is 5.43 Å². The molecule has 0 radical (unpaired) electrons. The number of nitrogens with two attached hydrogens (primary N) is 1. The maximum Gasteiger partial charge on any atom is 0.286 e. The maximum absolute atomic E-state index is 11.4. The summed E-state index contributed by atoms with van der Waals surface area (Å²) in [6.45, 7) is 0. The minimum Gasteiger partial charge on any atom is -0.363 e. The smallest absolute Gasteiger partial charge is 0.286 e. The normalized spacial score (nSPS) is 15.5. The molecule has 23 heavy (non-hydrogen) atoms. The number of aliphatic imine (C=N–C) groups is 2. The number of hydrogen-bond acceptors (Lipinski definition) is 5. The number of rotatable bonds is 2. The van der Waals surface area contributed by atoms with E-state index in [2.05, 4.69) is 15.4 Å². The summed E-state index contributed by atoms with van der Waals surface area (Å²) in [4.78, 5) is 20.2. The Morgan fingerprint density at radius 2 is 1.78 bits per heavy atom. The van der Waals surface area contributed by atoms with Crippen molar-refractivity contribution in [2.24, 2.45) is 15.7 Å². The van der Waals surface area contributed by atoms with Crippen LogP contribution in [0.4, 0.5) is 5.69 Å². The summed E-state index contributed by atoms with van der Waals surface area (Å²) in [5.74, 6) is 0.0188. The van der Waals surface area contributed by atoms with Crippen molar-refractivity contribution >= 4 is 23.1 Å². The summed E-state index contributed by atoms with van der Waals surface area (Å²) >= 11 is 0. The van der Waals surface area contributed by atoms with Crippen molar-refractivity contribution < 1.29 is 4.79 Å². The Kier molecular flexibility index (Phi) is 2.94. The molecule has 6 nitrogen and oxygen atoms in total. The monoisotopic (exact) mass is 303 g/mol. The van der Waals surface area contributed by atoms with Crippen LogP contribution < -0.4 is 16.2 Å². The van der Waals surface area contributed by atoms with Crippen LogP contribution in [-0.2, 0) is 4.79 Å². The third-order valence-electron chi connectivity index (χ3n) is 3.66. The maximum atomic E-state index is 11.4. The number of anilines is 1. The Hall–Kier alpha value is -3.41. The van der Waals surface area contributed by atoms with Crippen molar-refractivity contribution in [3.05, 3.63) is 77.7 Å². The van der Waals surface area contributed by atoms with Gasteiger partial charge in [-0.05, 0) is 6.07 Å². The first-order chi connectivity index (χ1) is 11.2. The third-order valence-corrected chi connectivity index (χ3v) is 3.66. The number of amides is 1. The standard InChI is InChI=1S/C17H13N5O/c18-16(23)17-20-14-10-19-15(11-6-2-1-3-7-11)12-8-4-5-9-13(12)22(14)21-17/h1-10H,(H2,18,23)(H,20,21). The second kappa shape index (κ2) is 5.10. The van der Waals surface area contributed by atoms with Gasteiger partial charge < -0.3 is 5.73 Å². The SMILES string of the molecule is NC(=O)C1=NC2=CN=C(c3ccccc3)c3ccccc3N2N1. The first-order valence-corrected chi connectivity index (χ1v) is 7.12. The summed E-state index contributed by atoms with van der Waals surface area (Å²) in [5, 5.41) is 1.72. The van der Waals surface area contributed by atoms with Gasteiger partial charge in [0.05, 0.1) is 17.6 Å². The van der Waals surface area contributed by atoms with Crippen LogP contribution in [0, 0.1) is 0 Å². The lowest BCUT2D eigenvalue weighted by molar-refractivity contribution is -0.112. The zero-order valence-electron chi connectivity index (χ0n) is 12.1. The Bertz CT molecular complexity index is 883. The fraction of sp³-hybridized carbons (Fsp3) is 0. The molecule has 0 aromatic heterocycles. The molecule has 4 rings (SSSR count). The Morgan fingerprint density at radius 1 is 1.04 bits per heavy atom. The van der Waals surface area contributed by atoms with Crippen LogP contribution in [0.3, 0.4) is 0 Å². The number of carbonyl (C=O) groups excluding carboxylic acids is 1. The van der Waals surface area contributed by atoms with E-state index in [1.165, 1.54) is 0 Å². The molecule has 2 aromatic carbocycles. The highest BCUT2D eigenvalue weighted by Gasteiger charge is 2.28. The molecule has 0 bridgehead atoms. The molecule has 2 aromatic rings. The van der Waals surface area contributed by atoms with E-state index in [1.54, 1.807) is 11.2 Å². The number of hydrazine groups is 1. The third kappa shape index (κ3) is 2.17. The molecule has 0 aliphatic carbocycles. The van der Waals surface area contributed by atoms with Crippen LogP contribution in [0.15, 0.2) is 76.6 Å². The Morgan fingerprint density at radius 3 is 2.57 bits per heavy atom. The van der Waals surface area contributed by atoms with Crippen molar-refractivity contribution in [2.75, 3.05) is 5.01 Å². The van der Waals surface area contributed by atoms with Crippen LogP contribution in [0.5, 0.6) is 0 Å². The number of para-hydroxylation sites is 1. The molecule has 2 aliphatic heterocycles. The number of primary amides is 1. The molecule has 0 saturated heterocycles. The number of nitrogens with one attached hydrogen (secondary N) is 1. The number of nitrogens with zero attached hydrogens (tertiary/aromatic N) is 3. The van der Waals surface area contributed by atoms with Gasteiger partial charge in [-0.2, -0.15) is 0 Å². The van der Waals surface area contributed by atoms with Gasteiger partial charge in [-0.15, -0.1) is 0 Å². The number of fused-ring (bicyclic) bond motifs is 3. The minimum atomic E-state index is -0.608. The van der Waals surface area contributed by atoms with Gasteiger partial charge in [0, 0.05) is 11.1 Å². The highest BCUT2D eigenvalue weighted by molar-refractivity contribution is 6.38. The van der Waals surface area contributed by atoms with Crippen molar-refractivity contribution in [3.8, 4) is 0 Å². The number of amidine groups is 1. The molecule has 3 N–H and O–H groups in total. The minimum absolute atomic E-state index is 0.101. The van der Waals surface area contributed by atoms with E-state index < -0.39 is 5.91 Å². The Balaban J connectivity index is 1.90. The van der Waals surface area contributed by atoms with E-state index in [0.717, 1.165) is 22.5 Å². The zero-order valence-corrected chi connectivity index (χ0v) is 12.1. The van der Waals surface area contributed by atoms with Gasteiger partial charge in [0.15, 0.2) is 5.82 Å². The number of hydrogen-bond donors (Lipinski definition) is 2. The Labute approximate surface area is 132 Å². The van der Waals surface area contributed by atoms with Crippen molar-refractivity contribution in [2.45, 2.75) is 0 Å². The van der Waals surface area contributed by atoms with Crippen LogP contribution in [0.1, 0.15) is 11.1 Å². The highest BCUT2D eigenvalue weighted by atomic mass is 16.1. The van der Waals surface area contributed by atoms with Crippen LogP contribution in [-0.4, -0.2) is 17.5 Å². The fourth-order valence-electron chi connectivity index (χ4n) is 2.62. The summed E-state index contributed by atoms with van der Waals surface area (Å²) in [6, 6.07) is 17.7. The first kappa shape index (κ1) is 13.3. The van der Waals surface area contributed by atoms with Gasteiger partial charge >= 0.3 is 0 Å². The quantitative estimate of drug-likeness (QED) is 0.883. The molecule has 112 valence electrons. The van der Waals surface area contributed by atoms with Crippen LogP contribution >= 0.6 is 0 Å². The lowest BCUT2D eigenvalue weighted by atomic mass is 10.0. The van der Waals surface area contributed by atoms with E-state index in [9.17, 15) is 4.79 Å². The molecule has 2 heterocycles. The average molecular weight is 303 g/mol. The molecule has 0 spiro atoms. The second-order valence-electron chi connectivity index (χ2n) is 5.12. The zero-order chi connectivity index (χ0) is 15.8. The van der Waals surface area contributed by atoms with E-state index >= 15 is 0 Å².